The molecule has 17 heavy (non-hydrogen) atoms. The molecule has 0 radical (unpaired) electrons. The summed E-state index contributed by atoms with van der Waals surface area (Å²) in [4.78, 5) is 6.51. The van der Waals surface area contributed by atoms with E-state index in [1.165, 1.54) is 4.70 Å². The SMILES string of the molecule is CCCC(O)N(C)Cc1nc2ccccc2s1. The minimum absolute atomic E-state index is 0.369. The molecule has 0 saturated heterocycles. The summed E-state index contributed by atoms with van der Waals surface area (Å²) in [6.07, 6.45) is 1.43. The predicted molar refractivity (Wildman–Crippen MR) is 72.0 cm³/mol. The third-order valence-electron chi connectivity index (χ3n) is 2.78. The van der Waals surface area contributed by atoms with Gasteiger partial charge in [-0.15, -0.1) is 11.3 Å². The van der Waals surface area contributed by atoms with Crippen LogP contribution in [0.1, 0.15) is 24.8 Å². The van der Waals surface area contributed by atoms with Crippen LogP contribution in [0, 0.1) is 0 Å². The average Bonchev–Trinajstić information content (AvgIpc) is 2.71. The number of aliphatic hydroxyl groups excluding tert-OH is 1. The van der Waals surface area contributed by atoms with Crippen molar-refractivity contribution in [2.75, 3.05) is 7.05 Å². The number of nitrogens with zero attached hydrogens (tertiary/aromatic N) is 2. The van der Waals surface area contributed by atoms with Crippen LogP contribution in [0.5, 0.6) is 0 Å². The molecule has 0 saturated carbocycles. The normalized spacial score (nSPS) is 13.4. The molecule has 1 aromatic carbocycles. The van der Waals surface area contributed by atoms with Crippen molar-refractivity contribution in [2.24, 2.45) is 0 Å². The largest absolute Gasteiger partial charge is 0.378 e. The monoisotopic (exact) mass is 250 g/mol. The average molecular weight is 250 g/mol. The van der Waals surface area contributed by atoms with Gasteiger partial charge in [-0.05, 0) is 25.6 Å². The molecule has 1 atom stereocenters. The number of hydrogen-bond donors (Lipinski definition) is 1. The zero-order valence-electron chi connectivity index (χ0n) is 10.3. The zero-order valence-corrected chi connectivity index (χ0v) is 11.1. The van der Waals surface area contributed by atoms with E-state index >= 15 is 0 Å². The van der Waals surface area contributed by atoms with Crippen molar-refractivity contribution >= 4 is 21.6 Å². The Balaban J connectivity index is 2.07. The Morgan fingerprint density at radius 2 is 2.18 bits per heavy atom. The molecule has 0 amide bonds. The molecular formula is C13H18N2OS. The lowest BCUT2D eigenvalue weighted by Gasteiger charge is -2.21. The van der Waals surface area contributed by atoms with Crippen molar-refractivity contribution in [3.8, 4) is 0 Å². The number of aromatic nitrogens is 1. The Labute approximate surface area is 106 Å². The molecule has 0 spiro atoms. The molecule has 0 aliphatic carbocycles. The van der Waals surface area contributed by atoms with Crippen molar-refractivity contribution < 1.29 is 5.11 Å². The van der Waals surface area contributed by atoms with Gasteiger partial charge in [0.05, 0.1) is 16.8 Å². The van der Waals surface area contributed by atoms with E-state index < -0.39 is 0 Å². The van der Waals surface area contributed by atoms with Crippen LogP contribution in [0.25, 0.3) is 10.2 Å². The van der Waals surface area contributed by atoms with E-state index in [0.29, 0.717) is 6.54 Å². The number of aliphatic hydroxyl groups is 1. The summed E-state index contributed by atoms with van der Waals surface area (Å²) in [6, 6.07) is 8.14. The van der Waals surface area contributed by atoms with E-state index in [4.69, 9.17) is 0 Å². The molecule has 0 bridgehead atoms. The minimum atomic E-state index is -0.369. The van der Waals surface area contributed by atoms with Gasteiger partial charge in [-0.1, -0.05) is 25.5 Å². The lowest BCUT2D eigenvalue weighted by atomic mass is 10.3. The van der Waals surface area contributed by atoms with E-state index in [9.17, 15) is 5.11 Å². The number of thiazole rings is 1. The van der Waals surface area contributed by atoms with Gasteiger partial charge in [0.1, 0.15) is 11.2 Å². The first-order valence-electron chi connectivity index (χ1n) is 5.93. The molecule has 0 aliphatic heterocycles. The van der Waals surface area contributed by atoms with Gasteiger partial charge in [0, 0.05) is 0 Å². The van der Waals surface area contributed by atoms with Crippen LogP contribution in [0.15, 0.2) is 24.3 Å². The summed E-state index contributed by atoms with van der Waals surface area (Å²) >= 11 is 1.70. The number of benzene rings is 1. The first-order chi connectivity index (χ1) is 8.20. The highest BCUT2D eigenvalue weighted by Crippen LogP contribution is 2.22. The molecule has 0 fully saturated rings. The fraction of sp³-hybridized carbons (Fsp3) is 0.462. The van der Waals surface area contributed by atoms with E-state index in [0.717, 1.165) is 23.4 Å². The van der Waals surface area contributed by atoms with Gasteiger partial charge in [0.2, 0.25) is 0 Å². The fourth-order valence-corrected chi connectivity index (χ4v) is 2.82. The van der Waals surface area contributed by atoms with Crippen LogP contribution in [-0.4, -0.2) is 28.3 Å². The topological polar surface area (TPSA) is 36.4 Å². The van der Waals surface area contributed by atoms with Gasteiger partial charge in [0.25, 0.3) is 0 Å². The predicted octanol–water partition coefficient (Wildman–Crippen LogP) is 2.85. The second-order valence-corrected chi connectivity index (χ2v) is 5.37. The first-order valence-corrected chi connectivity index (χ1v) is 6.75. The third kappa shape index (κ3) is 3.03. The Bertz CT molecular complexity index is 450. The van der Waals surface area contributed by atoms with Gasteiger partial charge in [-0.25, -0.2) is 4.98 Å². The Hall–Kier alpha value is -0.970. The van der Waals surface area contributed by atoms with Crippen molar-refractivity contribution in [3.05, 3.63) is 29.3 Å². The van der Waals surface area contributed by atoms with Crippen molar-refractivity contribution in [2.45, 2.75) is 32.5 Å². The summed E-state index contributed by atoms with van der Waals surface area (Å²) < 4.78 is 1.21. The van der Waals surface area contributed by atoms with Crippen molar-refractivity contribution in [1.29, 1.82) is 0 Å². The molecule has 1 N–H and O–H groups in total. The molecule has 92 valence electrons. The number of para-hydroxylation sites is 1. The summed E-state index contributed by atoms with van der Waals surface area (Å²) in [5, 5.41) is 10.9. The first kappa shape index (κ1) is 12.5. The fourth-order valence-electron chi connectivity index (χ4n) is 1.78. The molecule has 1 heterocycles. The Morgan fingerprint density at radius 1 is 1.41 bits per heavy atom. The molecule has 2 aromatic rings. The smallest absolute Gasteiger partial charge is 0.108 e. The van der Waals surface area contributed by atoms with Crippen LogP contribution >= 0.6 is 11.3 Å². The van der Waals surface area contributed by atoms with Crippen LogP contribution < -0.4 is 0 Å². The number of fused-ring (bicyclic) bond motifs is 1. The molecule has 1 unspecified atom stereocenters. The van der Waals surface area contributed by atoms with Crippen LogP contribution in [0.4, 0.5) is 0 Å². The Morgan fingerprint density at radius 3 is 2.88 bits per heavy atom. The highest BCUT2D eigenvalue weighted by molar-refractivity contribution is 7.18. The summed E-state index contributed by atoms with van der Waals surface area (Å²) in [6.45, 7) is 2.79. The van der Waals surface area contributed by atoms with E-state index in [2.05, 4.69) is 18.0 Å². The highest BCUT2D eigenvalue weighted by Gasteiger charge is 2.12. The summed E-state index contributed by atoms with van der Waals surface area (Å²) in [7, 11) is 1.94. The lowest BCUT2D eigenvalue weighted by Crippen LogP contribution is -2.30. The molecule has 4 heteroatoms. The minimum Gasteiger partial charge on any atom is -0.378 e. The van der Waals surface area contributed by atoms with E-state index in [1.54, 1.807) is 11.3 Å². The summed E-state index contributed by atoms with van der Waals surface area (Å²) in [5.74, 6) is 0. The van der Waals surface area contributed by atoms with Crippen LogP contribution in [-0.2, 0) is 6.54 Å². The maximum Gasteiger partial charge on any atom is 0.108 e. The molecule has 1 aromatic heterocycles. The molecule has 3 nitrogen and oxygen atoms in total. The van der Waals surface area contributed by atoms with Gasteiger partial charge in [-0.2, -0.15) is 0 Å². The standard InChI is InChI=1S/C13H18N2OS/c1-3-6-13(16)15(2)9-12-14-10-7-4-5-8-11(10)17-12/h4-5,7-8,13,16H,3,6,9H2,1-2H3. The van der Waals surface area contributed by atoms with Gasteiger partial charge >= 0.3 is 0 Å². The molecule has 0 aliphatic rings. The number of rotatable bonds is 5. The van der Waals surface area contributed by atoms with Crippen LogP contribution in [0.3, 0.4) is 0 Å². The molecule has 2 rings (SSSR count). The molecular weight excluding hydrogens is 232 g/mol. The third-order valence-corrected chi connectivity index (χ3v) is 3.80. The summed E-state index contributed by atoms with van der Waals surface area (Å²) in [5.41, 5.74) is 1.05. The van der Waals surface area contributed by atoms with Crippen molar-refractivity contribution in [3.63, 3.8) is 0 Å². The highest BCUT2D eigenvalue weighted by atomic mass is 32.1. The second kappa shape index (κ2) is 5.58. The lowest BCUT2D eigenvalue weighted by molar-refractivity contribution is 0.00995. The van der Waals surface area contributed by atoms with Gasteiger partial charge < -0.3 is 5.11 Å². The zero-order chi connectivity index (χ0) is 12.3. The second-order valence-electron chi connectivity index (χ2n) is 4.26. The quantitative estimate of drug-likeness (QED) is 0.829. The van der Waals surface area contributed by atoms with Gasteiger partial charge in [0.15, 0.2) is 0 Å². The van der Waals surface area contributed by atoms with E-state index in [-0.39, 0.29) is 6.23 Å². The Kier molecular flexibility index (Phi) is 4.10. The number of hydrogen-bond acceptors (Lipinski definition) is 4. The van der Waals surface area contributed by atoms with Gasteiger partial charge in [-0.3, -0.25) is 4.90 Å². The van der Waals surface area contributed by atoms with E-state index in [1.807, 2.05) is 30.1 Å². The van der Waals surface area contributed by atoms with Crippen molar-refractivity contribution in [1.82, 2.24) is 9.88 Å². The maximum atomic E-state index is 9.86. The maximum absolute atomic E-state index is 9.86. The van der Waals surface area contributed by atoms with Crippen LogP contribution in [0.2, 0.25) is 0 Å².